The molecule has 0 bridgehead atoms. The van der Waals surface area contributed by atoms with Crippen molar-refractivity contribution in [2.75, 3.05) is 19.8 Å². The normalized spacial score (nSPS) is 20.7. The fraction of sp³-hybridized carbons (Fsp3) is 0.455. The van der Waals surface area contributed by atoms with E-state index in [1.165, 1.54) is 0 Å². The molecule has 1 aromatic carbocycles. The number of hydrogen-bond donors (Lipinski definition) is 1. The summed E-state index contributed by atoms with van der Waals surface area (Å²) < 4.78 is 15.6. The average molecular weight is 461 g/mol. The molecule has 1 N–H and O–H groups in total. The fourth-order valence-electron chi connectivity index (χ4n) is 4.80. The second kappa shape index (κ2) is 8.36. The summed E-state index contributed by atoms with van der Waals surface area (Å²) in [6, 6.07) is 3.67. The Hall–Kier alpha value is -2.24. The summed E-state index contributed by atoms with van der Waals surface area (Å²) in [4.78, 5) is 0. The minimum absolute atomic E-state index is 0.0307. The van der Waals surface area contributed by atoms with Gasteiger partial charge in [0.25, 0.3) is 0 Å². The van der Waals surface area contributed by atoms with Crippen LogP contribution in [-0.2, 0) is 11.3 Å². The van der Waals surface area contributed by atoms with Crippen LogP contribution >= 0.6 is 23.2 Å². The first kappa shape index (κ1) is 20.7. The third-order valence-corrected chi connectivity index (χ3v) is 6.94. The monoisotopic (exact) mass is 460 g/mol. The highest BCUT2D eigenvalue weighted by Crippen LogP contribution is 2.50. The van der Waals surface area contributed by atoms with Crippen molar-refractivity contribution in [3.8, 4) is 22.9 Å². The van der Waals surface area contributed by atoms with E-state index in [0.717, 1.165) is 60.0 Å². The summed E-state index contributed by atoms with van der Waals surface area (Å²) in [5.74, 6) is 0.469. The number of ether oxygens (including phenoxy) is 2. The molecule has 3 aromatic rings. The lowest BCUT2D eigenvalue weighted by Gasteiger charge is -2.22. The molecule has 2 atom stereocenters. The van der Waals surface area contributed by atoms with Crippen LogP contribution in [0.2, 0.25) is 10.0 Å². The van der Waals surface area contributed by atoms with E-state index in [1.807, 2.05) is 23.1 Å². The predicted molar refractivity (Wildman–Crippen MR) is 118 cm³/mol. The first-order valence-electron chi connectivity index (χ1n) is 10.4. The van der Waals surface area contributed by atoms with Gasteiger partial charge in [-0.3, -0.25) is 0 Å². The number of halogens is 2. The molecule has 1 saturated heterocycles. The molecule has 7 nitrogen and oxygen atoms in total. The third-order valence-electron chi connectivity index (χ3n) is 6.17. The smallest absolute Gasteiger partial charge is 0.174 e. The summed E-state index contributed by atoms with van der Waals surface area (Å²) in [5.41, 5.74) is 3.57. The van der Waals surface area contributed by atoms with Crippen molar-refractivity contribution in [2.45, 2.75) is 44.4 Å². The molecule has 2 unspecified atom stereocenters. The van der Waals surface area contributed by atoms with Crippen LogP contribution in [0.5, 0.6) is 5.75 Å². The highest BCUT2D eigenvalue weighted by molar-refractivity contribution is 6.45. The van der Waals surface area contributed by atoms with Crippen molar-refractivity contribution < 1.29 is 14.6 Å². The fourth-order valence-corrected chi connectivity index (χ4v) is 5.24. The minimum atomic E-state index is -0.106. The number of nitriles is 1. The molecular formula is C22H22Cl2N4O3. The van der Waals surface area contributed by atoms with Crippen molar-refractivity contribution >= 4 is 34.1 Å². The van der Waals surface area contributed by atoms with E-state index >= 15 is 0 Å². The van der Waals surface area contributed by atoms with E-state index in [1.54, 1.807) is 6.07 Å². The van der Waals surface area contributed by atoms with Gasteiger partial charge < -0.3 is 19.1 Å². The molecule has 1 fully saturated rings. The van der Waals surface area contributed by atoms with Crippen LogP contribution in [0.3, 0.4) is 0 Å². The molecule has 0 saturated carbocycles. The Balaban J connectivity index is 1.74. The second-order valence-corrected chi connectivity index (χ2v) is 8.74. The molecule has 162 valence electrons. The summed E-state index contributed by atoms with van der Waals surface area (Å²) in [5, 5.41) is 25.3. The Morgan fingerprint density at radius 1 is 1.32 bits per heavy atom. The molecular weight excluding hydrogens is 439 g/mol. The van der Waals surface area contributed by atoms with Gasteiger partial charge in [-0.2, -0.15) is 10.4 Å². The van der Waals surface area contributed by atoms with Crippen molar-refractivity contribution in [3.05, 3.63) is 34.2 Å². The number of fused-ring (bicyclic) bond motifs is 3. The highest BCUT2D eigenvalue weighted by atomic mass is 35.5. The molecule has 31 heavy (non-hydrogen) atoms. The molecule has 4 heterocycles. The van der Waals surface area contributed by atoms with Crippen LogP contribution < -0.4 is 4.74 Å². The van der Waals surface area contributed by atoms with E-state index < -0.39 is 0 Å². The molecule has 0 aliphatic carbocycles. The zero-order valence-corrected chi connectivity index (χ0v) is 18.4. The van der Waals surface area contributed by atoms with Gasteiger partial charge >= 0.3 is 0 Å². The van der Waals surface area contributed by atoms with Crippen molar-refractivity contribution in [3.63, 3.8) is 0 Å². The average Bonchev–Trinajstić information content (AvgIpc) is 3.50. The van der Waals surface area contributed by atoms with Crippen LogP contribution in [0.4, 0.5) is 0 Å². The van der Waals surface area contributed by atoms with Gasteiger partial charge in [-0.25, -0.2) is 4.68 Å². The largest absolute Gasteiger partial charge is 0.478 e. The van der Waals surface area contributed by atoms with Crippen molar-refractivity contribution in [1.82, 2.24) is 14.3 Å². The molecule has 5 rings (SSSR count). The first-order valence-corrected chi connectivity index (χ1v) is 11.2. The number of rotatable bonds is 5. The third kappa shape index (κ3) is 3.39. The number of aliphatic hydroxyl groups is 1. The quantitative estimate of drug-likeness (QED) is 0.585. The van der Waals surface area contributed by atoms with Gasteiger partial charge in [-0.1, -0.05) is 23.2 Å². The molecule has 2 aromatic heterocycles. The van der Waals surface area contributed by atoms with E-state index in [4.69, 9.17) is 37.9 Å². The van der Waals surface area contributed by atoms with Crippen LogP contribution in [0, 0.1) is 11.3 Å². The number of nitrogens with zero attached hydrogens (tertiary/aromatic N) is 4. The maximum absolute atomic E-state index is 10.1. The lowest BCUT2D eigenvalue weighted by molar-refractivity contribution is -0.0394. The minimum Gasteiger partial charge on any atom is -0.478 e. The number of benzene rings is 1. The summed E-state index contributed by atoms with van der Waals surface area (Å²) in [6.07, 6.45) is 7.63. The Kier molecular flexibility index (Phi) is 5.57. The van der Waals surface area contributed by atoms with E-state index in [9.17, 15) is 5.11 Å². The van der Waals surface area contributed by atoms with Crippen molar-refractivity contribution in [1.29, 1.82) is 5.26 Å². The molecule has 0 amide bonds. The predicted octanol–water partition coefficient (Wildman–Crippen LogP) is 4.89. The standard InChI is InChI=1S/C22H22Cl2N4O3/c23-15-9-16(30-8-5-25)19-18(14-10-26-28(11-14)17-3-1-2-7-31-17)21-13(12-29)4-6-27(21)22(19)20(15)24/h9-11,13,17,29H,1-4,6-8,12H2. The lowest BCUT2D eigenvalue weighted by atomic mass is 9.96. The Labute approximate surface area is 189 Å². The molecule has 2 aliphatic heterocycles. The Morgan fingerprint density at radius 3 is 2.94 bits per heavy atom. The van der Waals surface area contributed by atoms with Gasteiger partial charge in [0, 0.05) is 48.2 Å². The molecule has 0 spiro atoms. The number of aliphatic hydroxyl groups excluding tert-OH is 1. The summed E-state index contributed by atoms with van der Waals surface area (Å²) in [6.45, 7) is 1.38. The van der Waals surface area contributed by atoms with Crippen LogP contribution in [-0.4, -0.2) is 39.3 Å². The summed E-state index contributed by atoms with van der Waals surface area (Å²) >= 11 is 13.1. The zero-order valence-electron chi connectivity index (χ0n) is 16.9. The number of aromatic nitrogens is 3. The van der Waals surface area contributed by atoms with Gasteiger partial charge in [0.1, 0.15) is 18.0 Å². The van der Waals surface area contributed by atoms with Crippen LogP contribution in [0.25, 0.3) is 22.0 Å². The molecule has 0 radical (unpaired) electrons. The van der Waals surface area contributed by atoms with E-state index in [-0.39, 0.29) is 25.4 Å². The SMILES string of the molecule is N#CCOc1cc(Cl)c(Cl)c2c1c(-c1cnn(C3CCCCO3)c1)c1n2CCC1CO. The van der Waals surface area contributed by atoms with Crippen molar-refractivity contribution in [2.24, 2.45) is 0 Å². The summed E-state index contributed by atoms with van der Waals surface area (Å²) in [7, 11) is 0. The Morgan fingerprint density at radius 2 is 2.19 bits per heavy atom. The van der Waals surface area contributed by atoms with Gasteiger partial charge in [0.05, 0.1) is 33.8 Å². The second-order valence-electron chi connectivity index (χ2n) is 7.95. The lowest BCUT2D eigenvalue weighted by Crippen LogP contribution is -2.18. The highest BCUT2D eigenvalue weighted by Gasteiger charge is 2.34. The van der Waals surface area contributed by atoms with Gasteiger partial charge in [-0.05, 0) is 25.7 Å². The van der Waals surface area contributed by atoms with Gasteiger partial charge in [0.15, 0.2) is 6.61 Å². The van der Waals surface area contributed by atoms with Crippen LogP contribution in [0.1, 0.15) is 43.5 Å². The topological polar surface area (TPSA) is 85.2 Å². The van der Waals surface area contributed by atoms with E-state index in [0.29, 0.717) is 22.3 Å². The maximum atomic E-state index is 10.1. The number of aryl methyl sites for hydroxylation is 1. The maximum Gasteiger partial charge on any atom is 0.174 e. The first-order chi connectivity index (χ1) is 15.1. The number of hydrogen-bond acceptors (Lipinski definition) is 5. The zero-order chi connectivity index (χ0) is 21.5. The van der Waals surface area contributed by atoms with Crippen LogP contribution in [0.15, 0.2) is 18.5 Å². The molecule has 9 heteroatoms. The van der Waals surface area contributed by atoms with E-state index in [2.05, 4.69) is 9.67 Å². The van der Waals surface area contributed by atoms with Gasteiger partial charge in [-0.15, -0.1) is 0 Å². The molecule has 2 aliphatic rings. The Bertz CT molecular complexity index is 1170. The van der Waals surface area contributed by atoms with Gasteiger partial charge in [0.2, 0.25) is 0 Å².